The molecule has 0 aliphatic carbocycles. The number of nitrogens with one attached hydrogen (secondary N) is 5. The summed E-state index contributed by atoms with van der Waals surface area (Å²) < 4.78 is 57.4. The number of carbonyl (C=O) groups excluding carboxylic acids is 8. The lowest BCUT2D eigenvalue weighted by atomic mass is 9.98. The summed E-state index contributed by atoms with van der Waals surface area (Å²) in [6.45, 7) is 25.8. The third kappa shape index (κ3) is 19.4. The van der Waals surface area contributed by atoms with Gasteiger partial charge in [-0.1, -0.05) is 20.7 Å². The molecule has 6 rings (SSSR count). The van der Waals surface area contributed by atoms with Gasteiger partial charge >= 0.3 is 34.4 Å². The number of carbonyl (C=O) groups is 8. The Morgan fingerprint density at radius 3 is 1.37 bits per heavy atom. The van der Waals surface area contributed by atoms with Gasteiger partial charge in [0.05, 0.1) is 37.6 Å². The summed E-state index contributed by atoms with van der Waals surface area (Å²) in [5.41, 5.74) is -7.42. The Morgan fingerprint density at radius 2 is 1.01 bits per heavy atom. The maximum atomic E-state index is 13.5. The van der Waals surface area contributed by atoms with Crippen LogP contribution in [-0.4, -0.2) is 174 Å². The van der Waals surface area contributed by atoms with E-state index in [4.69, 9.17) is 28.6 Å². The largest absolute Gasteiger partial charge is 0.457 e. The fourth-order valence-electron chi connectivity index (χ4n) is 6.64. The number of nitrogens with zero attached hydrogens (tertiary/aromatic N) is 11. The van der Waals surface area contributed by atoms with E-state index in [-0.39, 0.29) is 44.8 Å². The van der Waals surface area contributed by atoms with Crippen LogP contribution in [0.3, 0.4) is 0 Å². The molecular formula is C48H68N16O17S3. The van der Waals surface area contributed by atoms with Crippen LogP contribution in [0.4, 0.5) is 19.9 Å². The van der Waals surface area contributed by atoms with Crippen molar-refractivity contribution in [3.05, 3.63) is 46.9 Å². The zero-order chi connectivity index (χ0) is 63.1. The Balaban J connectivity index is 0.000000309. The lowest BCUT2D eigenvalue weighted by Crippen LogP contribution is -2.73. The lowest BCUT2D eigenvalue weighted by Gasteiger charge is -2.43. The summed E-state index contributed by atoms with van der Waals surface area (Å²) >= 11 is 1.92. The number of hydrogen-bond acceptors (Lipinski definition) is 26. The van der Waals surface area contributed by atoms with E-state index in [2.05, 4.69) is 67.5 Å². The molecule has 6 amide bonds. The third-order valence-corrected chi connectivity index (χ3v) is 12.8. The van der Waals surface area contributed by atoms with Gasteiger partial charge in [0.2, 0.25) is 17.1 Å². The molecule has 6 heterocycles. The highest BCUT2D eigenvalue weighted by atomic mass is 32.2. The second kappa shape index (κ2) is 25.7. The molecule has 0 unspecified atom stereocenters. The fourth-order valence-corrected chi connectivity index (χ4v) is 8.87. The number of thiazole rings is 2. The van der Waals surface area contributed by atoms with E-state index in [1.165, 1.54) is 66.4 Å². The first-order valence-electron chi connectivity index (χ1n) is 25.3. The normalized spacial score (nSPS) is 17.8. The van der Waals surface area contributed by atoms with Crippen molar-refractivity contribution in [3.8, 4) is 0 Å². The molecule has 0 spiro atoms. The molecule has 0 saturated carbocycles. The van der Waals surface area contributed by atoms with Gasteiger partial charge < -0.3 is 44.6 Å². The highest BCUT2D eigenvalue weighted by molar-refractivity contribution is 7.84. The van der Waals surface area contributed by atoms with Crippen LogP contribution in [0.5, 0.6) is 0 Å². The van der Waals surface area contributed by atoms with E-state index in [0.29, 0.717) is 0 Å². The van der Waals surface area contributed by atoms with Gasteiger partial charge in [0.25, 0.3) is 17.7 Å². The Kier molecular flexibility index (Phi) is 20.4. The summed E-state index contributed by atoms with van der Waals surface area (Å²) in [5, 5.41) is 38.3. The molecule has 2 fully saturated rings. The number of anilines is 2. The second-order valence-corrected chi connectivity index (χ2v) is 26.4. The molecule has 6 N–H and O–H groups in total. The van der Waals surface area contributed by atoms with Crippen LogP contribution in [-0.2, 0) is 80.8 Å². The zero-order valence-electron chi connectivity index (χ0n) is 48.8. The first-order chi connectivity index (χ1) is 38.5. The van der Waals surface area contributed by atoms with Gasteiger partial charge in [-0.25, -0.2) is 33.5 Å². The molecule has 0 radical (unpaired) electrons. The number of β-lactam (4-membered cyclic amide) rings is 2. The zero-order valence-corrected chi connectivity index (χ0v) is 51.3. The van der Waals surface area contributed by atoms with E-state index in [9.17, 15) is 51.3 Å². The van der Waals surface area contributed by atoms with Crippen LogP contribution in [0.1, 0.15) is 122 Å². The Hall–Kier alpha value is -8.25. The third-order valence-electron chi connectivity index (χ3n) is 10.4. The van der Waals surface area contributed by atoms with Crippen molar-refractivity contribution >= 4 is 102 Å². The molecule has 0 aromatic carbocycles. The topological polar surface area (TPSA) is 422 Å². The highest BCUT2D eigenvalue weighted by Gasteiger charge is 2.55. The minimum absolute atomic E-state index is 0.0162. The van der Waals surface area contributed by atoms with Gasteiger partial charge in [0.15, 0.2) is 21.7 Å². The van der Waals surface area contributed by atoms with Crippen LogP contribution in [0.15, 0.2) is 45.9 Å². The minimum Gasteiger partial charge on any atom is -0.457 e. The van der Waals surface area contributed by atoms with Crippen molar-refractivity contribution in [2.24, 2.45) is 10.3 Å². The van der Waals surface area contributed by atoms with E-state index in [1.807, 2.05) is 0 Å². The van der Waals surface area contributed by atoms with Crippen LogP contribution < -0.4 is 26.6 Å². The van der Waals surface area contributed by atoms with Crippen molar-refractivity contribution in [1.82, 2.24) is 60.2 Å². The summed E-state index contributed by atoms with van der Waals surface area (Å²) in [5.74, 6) is -4.90. The lowest BCUT2D eigenvalue weighted by molar-refractivity contribution is -0.180. The van der Waals surface area contributed by atoms with Crippen molar-refractivity contribution in [3.63, 3.8) is 0 Å². The van der Waals surface area contributed by atoms with E-state index in [1.54, 1.807) is 89.3 Å². The maximum Gasteiger partial charge on any atom is 0.413 e. The molecule has 2 saturated heterocycles. The summed E-state index contributed by atoms with van der Waals surface area (Å²) in [4.78, 5) is 121. The predicted molar refractivity (Wildman–Crippen MR) is 297 cm³/mol. The van der Waals surface area contributed by atoms with Gasteiger partial charge in [0.1, 0.15) is 45.9 Å². The molecule has 4 aromatic rings. The first-order valence-corrected chi connectivity index (χ1v) is 28.5. The number of hydrogen-bond donors (Lipinski definition) is 6. The average molecular weight is 1240 g/mol. The molecule has 2 aliphatic rings. The Labute approximate surface area is 490 Å². The van der Waals surface area contributed by atoms with E-state index < -0.39 is 122 Å². The smallest absolute Gasteiger partial charge is 0.413 e. The van der Waals surface area contributed by atoms with Gasteiger partial charge in [0, 0.05) is 23.2 Å². The predicted octanol–water partition coefficient (Wildman–Crippen LogP) is 2.73. The molecule has 4 aromatic heterocycles. The van der Waals surface area contributed by atoms with Crippen molar-refractivity contribution in [2.45, 2.75) is 182 Å². The van der Waals surface area contributed by atoms with Gasteiger partial charge in [-0.05, 0) is 111 Å². The highest BCUT2D eigenvalue weighted by Crippen LogP contribution is 2.27. The van der Waals surface area contributed by atoms with Crippen LogP contribution in [0, 0.1) is 0 Å². The number of ether oxygens (including phenoxy) is 4. The molecule has 460 valence electrons. The Morgan fingerprint density at radius 1 is 0.619 bits per heavy atom. The van der Waals surface area contributed by atoms with Crippen molar-refractivity contribution in [1.29, 1.82) is 0 Å². The molecule has 84 heavy (non-hydrogen) atoms. The summed E-state index contributed by atoms with van der Waals surface area (Å²) in [6.07, 6.45) is 4.26. The van der Waals surface area contributed by atoms with Crippen LogP contribution in [0.2, 0.25) is 0 Å². The summed E-state index contributed by atoms with van der Waals surface area (Å²) in [6, 6.07) is -4.11. The SMILES string of the molecule is CC(C)(C)OC(=O)Nc1nc(/C(=N/OC(C)(C)C(=O)OC(C)(C)C)C(=O)N[C@@H]2C(=O)N(S(=O)(=O)O)[C@@H]2Cn2ccnn2)cs1.CC(C)(C)OC(=O)Nc1nc(/C(=N/OC(C)(C)C(=O)OC(C)(C)C)C(=O)N[C@@H]2C(=O)N[C@@H]2Cn2ccnn2)cs1. The number of aromatic nitrogens is 8. The molecule has 4 atom stereocenters. The summed E-state index contributed by atoms with van der Waals surface area (Å²) in [7, 11) is -4.98. The van der Waals surface area contributed by atoms with E-state index >= 15 is 0 Å². The number of rotatable bonds is 19. The monoisotopic (exact) mass is 1240 g/mol. The van der Waals surface area contributed by atoms with Gasteiger partial charge in [-0.3, -0.25) is 43.7 Å². The minimum atomic E-state index is -4.98. The van der Waals surface area contributed by atoms with Gasteiger partial charge in [-0.2, -0.15) is 8.42 Å². The molecular weight excluding hydrogens is 1170 g/mol. The molecule has 0 bridgehead atoms. The number of esters is 2. The second-order valence-electron chi connectivity index (χ2n) is 23.4. The quantitative estimate of drug-likeness (QED) is 0.0196. The molecule has 36 heteroatoms. The molecule has 33 nitrogen and oxygen atoms in total. The molecule has 2 aliphatic heterocycles. The Bertz CT molecular complexity index is 3240. The average Bonchev–Trinajstić information content (AvgIpc) is 3.30. The van der Waals surface area contributed by atoms with Crippen molar-refractivity contribution < 1.29 is 79.9 Å². The van der Waals surface area contributed by atoms with Gasteiger partial charge in [-0.15, -0.1) is 32.9 Å². The standard InChI is InChI=1S/C24H34N8O10S2.C24H34N8O7S/c1-22(2,3)40-19(35)24(7,8)42-29-15(13-12-43-20(26-13)28-21(36)41-23(4,5)6)17(33)27-16-14(11-31-10-9-25-30-31)32(18(16)34)44(37,38)39;1-22(2,3)37-19(35)24(7,8)39-30-16(14-12-40-20(27-14)29-21(36)38-23(4,5)6)18(34)28-15-13(26-17(15)33)11-32-10-9-25-31-32/h9-10,12,14,16H,11H2,1-8H3,(H,27,33)(H,26,28,36)(H,37,38,39);9-10,12-13,15H,11H2,1-8H3,(H,26,33)(H,28,34)(H,27,29,36)/b29-15-;30-16-/t14-,16+;13-,15+/m11/s1. The maximum absolute atomic E-state index is 13.5. The van der Waals surface area contributed by atoms with E-state index in [0.717, 1.165) is 22.7 Å². The number of oxime groups is 2. The first kappa shape index (κ1) is 66.5. The van der Waals surface area contributed by atoms with Crippen LogP contribution in [0.25, 0.3) is 0 Å². The van der Waals surface area contributed by atoms with Crippen LogP contribution >= 0.6 is 22.7 Å². The van der Waals surface area contributed by atoms with Crippen molar-refractivity contribution in [2.75, 3.05) is 10.6 Å². The fraction of sp³-hybridized carbons (Fsp3) is 0.583. The number of amides is 6.